The van der Waals surface area contributed by atoms with Crippen LogP contribution in [-0.2, 0) is 9.59 Å². The molecule has 0 bridgehead atoms. The number of urea groups is 1. The molecule has 1 aliphatic heterocycles. The lowest BCUT2D eigenvalue weighted by molar-refractivity contribution is -0.129. The quantitative estimate of drug-likeness (QED) is 0.861. The van der Waals surface area contributed by atoms with Gasteiger partial charge in [-0.2, -0.15) is 0 Å². The molecule has 2 fully saturated rings. The van der Waals surface area contributed by atoms with Crippen molar-refractivity contribution in [1.29, 1.82) is 0 Å². The van der Waals surface area contributed by atoms with E-state index in [9.17, 15) is 14.4 Å². The number of nitrogens with zero attached hydrogens (tertiary/aromatic N) is 2. The molecule has 21 heavy (non-hydrogen) atoms. The zero-order chi connectivity index (χ0) is 15.0. The number of amides is 4. The van der Waals surface area contributed by atoms with Crippen molar-refractivity contribution in [2.24, 2.45) is 0 Å². The Labute approximate surface area is 126 Å². The zero-order valence-corrected chi connectivity index (χ0v) is 12.0. The second kappa shape index (κ2) is 5.37. The van der Waals surface area contributed by atoms with Crippen molar-refractivity contribution < 1.29 is 14.4 Å². The molecule has 1 aliphatic carbocycles. The number of hydrogen-bond donors (Lipinski definition) is 1. The Bertz CT molecular complexity index is 598. The normalized spacial score (nSPS) is 18.3. The molecule has 4 amide bonds. The minimum atomic E-state index is -0.406. The van der Waals surface area contributed by atoms with E-state index >= 15 is 0 Å². The second-order valence-electron chi connectivity index (χ2n) is 5.18. The Morgan fingerprint density at radius 2 is 1.90 bits per heavy atom. The van der Waals surface area contributed by atoms with Gasteiger partial charge in [-0.1, -0.05) is 11.6 Å². The molecule has 110 valence electrons. The first kappa shape index (κ1) is 13.9. The number of imide groups is 1. The number of carbonyl (C=O) groups excluding carboxylic acids is 3. The molecule has 1 saturated carbocycles. The fraction of sp³-hybridized carbons (Fsp3) is 0.357. The summed E-state index contributed by atoms with van der Waals surface area (Å²) >= 11 is 5.76. The number of benzene rings is 1. The average Bonchev–Trinajstić information content (AvgIpc) is 3.24. The fourth-order valence-corrected chi connectivity index (χ4v) is 2.39. The predicted octanol–water partition coefficient (Wildman–Crippen LogP) is 1.71. The average molecular weight is 308 g/mol. The van der Waals surface area contributed by atoms with Gasteiger partial charge < -0.3 is 10.2 Å². The van der Waals surface area contributed by atoms with Gasteiger partial charge in [0, 0.05) is 16.8 Å². The van der Waals surface area contributed by atoms with Crippen molar-refractivity contribution in [3.63, 3.8) is 0 Å². The molecule has 0 unspecified atom stereocenters. The molecule has 1 aromatic carbocycles. The van der Waals surface area contributed by atoms with Crippen LogP contribution in [0.5, 0.6) is 0 Å². The van der Waals surface area contributed by atoms with Gasteiger partial charge in [0.2, 0.25) is 5.91 Å². The van der Waals surface area contributed by atoms with Gasteiger partial charge in [0.15, 0.2) is 0 Å². The van der Waals surface area contributed by atoms with Gasteiger partial charge in [0.25, 0.3) is 5.91 Å². The highest BCUT2D eigenvalue weighted by Gasteiger charge is 2.44. The monoisotopic (exact) mass is 307 g/mol. The highest BCUT2D eigenvalue weighted by molar-refractivity contribution is 6.30. The largest absolute Gasteiger partial charge is 0.327 e. The van der Waals surface area contributed by atoms with Gasteiger partial charge in [-0.15, -0.1) is 0 Å². The molecule has 1 heterocycles. The number of rotatable bonds is 4. The van der Waals surface area contributed by atoms with E-state index in [0.717, 1.165) is 17.7 Å². The summed E-state index contributed by atoms with van der Waals surface area (Å²) in [6.07, 6.45) is 1.87. The Balaban J connectivity index is 1.60. The molecular formula is C14H14ClN3O3. The van der Waals surface area contributed by atoms with E-state index in [1.54, 1.807) is 24.3 Å². The van der Waals surface area contributed by atoms with E-state index in [1.165, 1.54) is 4.90 Å². The standard InChI is InChI=1S/C14H14ClN3O3/c15-9-1-3-10(4-2-9)16-12(19)7-18-13(20)8-17(14(18)21)11-5-6-11/h1-4,11H,5-8H2,(H,16,19). The van der Waals surface area contributed by atoms with Gasteiger partial charge in [-0.3, -0.25) is 14.5 Å². The maximum absolute atomic E-state index is 12.1. The summed E-state index contributed by atoms with van der Waals surface area (Å²) in [6, 6.07) is 6.42. The van der Waals surface area contributed by atoms with Crippen molar-refractivity contribution in [2.75, 3.05) is 18.4 Å². The van der Waals surface area contributed by atoms with E-state index in [2.05, 4.69) is 5.32 Å². The summed E-state index contributed by atoms with van der Waals surface area (Å²) < 4.78 is 0. The van der Waals surface area contributed by atoms with Gasteiger partial charge >= 0.3 is 6.03 Å². The molecular weight excluding hydrogens is 294 g/mol. The zero-order valence-electron chi connectivity index (χ0n) is 11.2. The molecule has 0 aromatic heterocycles. The molecule has 2 aliphatic rings. The Morgan fingerprint density at radius 3 is 2.52 bits per heavy atom. The molecule has 1 aromatic rings. The van der Waals surface area contributed by atoms with E-state index in [4.69, 9.17) is 11.6 Å². The van der Waals surface area contributed by atoms with Crippen LogP contribution in [0.4, 0.5) is 10.5 Å². The van der Waals surface area contributed by atoms with E-state index in [-0.39, 0.29) is 31.1 Å². The highest BCUT2D eigenvalue weighted by Crippen LogP contribution is 2.30. The first-order valence-electron chi connectivity index (χ1n) is 6.71. The number of carbonyl (C=O) groups is 3. The summed E-state index contributed by atoms with van der Waals surface area (Å²) in [5.41, 5.74) is 0.572. The lowest BCUT2D eigenvalue weighted by Crippen LogP contribution is -2.39. The van der Waals surface area contributed by atoms with Crippen molar-refractivity contribution >= 4 is 35.1 Å². The summed E-state index contributed by atoms with van der Waals surface area (Å²) in [5.74, 6) is -0.727. The minimum absolute atomic E-state index is 0.0811. The van der Waals surface area contributed by atoms with Crippen molar-refractivity contribution in [1.82, 2.24) is 9.80 Å². The van der Waals surface area contributed by atoms with Gasteiger partial charge in [0.1, 0.15) is 13.1 Å². The third-order valence-electron chi connectivity index (χ3n) is 3.50. The molecule has 0 spiro atoms. The Kier molecular flexibility index (Phi) is 3.55. The molecule has 1 saturated heterocycles. The summed E-state index contributed by atoms with van der Waals surface area (Å²) in [4.78, 5) is 38.4. The maximum Gasteiger partial charge on any atom is 0.327 e. The lowest BCUT2D eigenvalue weighted by atomic mass is 10.3. The Morgan fingerprint density at radius 1 is 1.24 bits per heavy atom. The van der Waals surface area contributed by atoms with E-state index in [0.29, 0.717) is 10.7 Å². The summed E-state index contributed by atoms with van der Waals surface area (Å²) in [7, 11) is 0. The Hall–Kier alpha value is -2.08. The fourth-order valence-electron chi connectivity index (χ4n) is 2.27. The molecule has 7 heteroatoms. The van der Waals surface area contributed by atoms with Crippen LogP contribution < -0.4 is 5.32 Å². The predicted molar refractivity (Wildman–Crippen MR) is 76.9 cm³/mol. The lowest BCUT2D eigenvalue weighted by Gasteiger charge is -2.16. The van der Waals surface area contributed by atoms with Crippen LogP contribution in [0.2, 0.25) is 5.02 Å². The van der Waals surface area contributed by atoms with Crippen molar-refractivity contribution in [3.05, 3.63) is 29.3 Å². The van der Waals surface area contributed by atoms with Gasteiger partial charge in [0.05, 0.1) is 0 Å². The SMILES string of the molecule is O=C(CN1C(=O)CN(C2CC2)C1=O)Nc1ccc(Cl)cc1. The first-order chi connectivity index (χ1) is 10.0. The molecule has 1 N–H and O–H groups in total. The molecule has 0 radical (unpaired) electrons. The van der Waals surface area contributed by atoms with Crippen LogP contribution >= 0.6 is 11.6 Å². The van der Waals surface area contributed by atoms with E-state index in [1.807, 2.05) is 0 Å². The third-order valence-corrected chi connectivity index (χ3v) is 3.75. The number of hydrogen-bond acceptors (Lipinski definition) is 3. The van der Waals surface area contributed by atoms with Crippen molar-refractivity contribution in [3.8, 4) is 0 Å². The minimum Gasteiger partial charge on any atom is -0.325 e. The van der Waals surface area contributed by atoms with Crippen LogP contribution in [0.3, 0.4) is 0 Å². The van der Waals surface area contributed by atoms with Crippen LogP contribution in [0.15, 0.2) is 24.3 Å². The third kappa shape index (κ3) is 3.00. The maximum atomic E-state index is 12.1. The van der Waals surface area contributed by atoms with Crippen molar-refractivity contribution in [2.45, 2.75) is 18.9 Å². The molecule has 3 rings (SSSR count). The van der Waals surface area contributed by atoms with Crippen LogP contribution in [0, 0.1) is 0 Å². The van der Waals surface area contributed by atoms with Crippen LogP contribution in [0.25, 0.3) is 0 Å². The first-order valence-corrected chi connectivity index (χ1v) is 7.09. The highest BCUT2D eigenvalue weighted by atomic mass is 35.5. The second-order valence-corrected chi connectivity index (χ2v) is 5.61. The molecule has 6 nitrogen and oxygen atoms in total. The number of halogens is 1. The van der Waals surface area contributed by atoms with Crippen LogP contribution in [-0.4, -0.2) is 46.8 Å². The summed E-state index contributed by atoms with van der Waals surface area (Å²) in [6.45, 7) is -0.179. The van der Waals surface area contributed by atoms with Gasteiger partial charge in [-0.05, 0) is 37.1 Å². The van der Waals surface area contributed by atoms with E-state index < -0.39 is 5.91 Å². The number of nitrogens with one attached hydrogen (secondary N) is 1. The topological polar surface area (TPSA) is 69.7 Å². The van der Waals surface area contributed by atoms with Gasteiger partial charge in [-0.25, -0.2) is 4.79 Å². The van der Waals surface area contributed by atoms with Crippen LogP contribution in [0.1, 0.15) is 12.8 Å². The smallest absolute Gasteiger partial charge is 0.325 e. The number of anilines is 1. The summed E-state index contributed by atoms with van der Waals surface area (Å²) in [5, 5.41) is 3.20. The molecule has 0 atom stereocenters.